The molecule has 1 amide bonds. The molecule has 2 atom stereocenters. The lowest BCUT2D eigenvalue weighted by Crippen LogP contribution is -2.49. The van der Waals surface area contributed by atoms with Crippen LogP contribution in [0.2, 0.25) is 0 Å². The van der Waals surface area contributed by atoms with Crippen LogP contribution in [0.5, 0.6) is 0 Å². The summed E-state index contributed by atoms with van der Waals surface area (Å²) < 4.78 is 57.6. The summed E-state index contributed by atoms with van der Waals surface area (Å²) in [6.45, 7) is 0. The number of alkyl halides is 1. The van der Waals surface area contributed by atoms with Gasteiger partial charge in [-0.3, -0.25) is 10.2 Å². The van der Waals surface area contributed by atoms with Crippen LogP contribution in [0, 0.1) is 0 Å². The van der Waals surface area contributed by atoms with Gasteiger partial charge in [-0.05, 0) is 36.4 Å². The van der Waals surface area contributed by atoms with Crippen molar-refractivity contribution in [1.82, 2.24) is 10.3 Å². The maximum Gasteiger partial charge on any atom is 0.266 e. The third-order valence-corrected chi connectivity index (χ3v) is 5.93. The highest BCUT2D eigenvalue weighted by atomic mass is 32.2. The second-order valence-corrected chi connectivity index (χ2v) is 8.01. The second kappa shape index (κ2) is 6.84. The molecule has 6 nitrogen and oxygen atoms in total. The van der Waals surface area contributed by atoms with Gasteiger partial charge in [0.25, 0.3) is 5.91 Å². The first-order chi connectivity index (χ1) is 13.4. The highest BCUT2D eigenvalue weighted by Gasteiger charge is 2.38. The molecular formula is C19H14F2N2O4S. The minimum absolute atomic E-state index is 0.151. The van der Waals surface area contributed by atoms with Crippen LogP contribution in [0.3, 0.4) is 0 Å². The molecule has 3 aromatic rings. The molecule has 1 aromatic heterocycles. The Hall–Kier alpha value is -3.04. The van der Waals surface area contributed by atoms with Crippen molar-refractivity contribution in [3.8, 4) is 0 Å². The van der Waals surface area contributed by atoms with Crippen LogP contribution in [-0.4, -0.2) is 25.7 Å². The van der Waals surface area contributed by atoms with Gasteiger partial charge >= 0.3 is 0 Å². The molecule has 2 unspecified atom stereocenters. The topological polar surface area (TPSA) is 88.4 Å². The van der Waals surface area contributed by atoms with Gasteiger partial charge in [0.05, 0.1) is 0 Å². The number of halogens is 2. The molecule has 1 heterocycles. The SMILES string of the molecule is O=C(NNS(=O)(=O)C1C(F)=CC=CC1F)c1ccc2oc3ccccc3c2c1. The van der Waals surface area contributed by atoms with Gasteiger partial charge in [-0.2, -0.15) is 0 Å². The average molecular weight is 404 g/mol. The van der Waals surface area contributed by atoms with Gasteiger partial charge in [0.15, 0.2) is 5.25 Å². The summed E-state index contributed by atoms with van der Waals surface area (Å²) >= 11 is 0. The van der Waals surface area contributed by atoms with E-state index in [1.54, 1.807) is 23.0 Å². The maximum absolute atomic E-state index is 13.8. The standard InChI is InChI=1S/C19H14F2N2O4S/c20-14-5-3-6-15(21)18(14)28(25,26)23-22-19(24)11-8-9-17-13(10-11)12-4-1-2-7-16(12)27-17/h1-10,14,18,23H,(H,22,24). The minimum Gasteiger partial charge on any atom is -0.456 e. The third kappa shape index (κ3) is 3.19. The molecule has 4 rings (SSSR count). The van der Waals surface area contributed by atoms with Crippen LogP contribution < -0.4 is 10.3 Å². The predicted octanol–water partition coefficient (Wildman–Crippen LogP) is 3.28. The monoisotopic (exact) mass is 404 g/mol. The molecule has 28 heavy (non-hydrogen) atoms. The van der Waals surface area contributed by atoms with E-state index in [9.17, 15) is 22.0 Å². The summed E-state index contributed by atoms with van der Waals surface area (Å²) in [6, 6.07) is 11.9. The summed E-state index contributed by atoms with van der Waals surface area (Å²) in [7, 11) is -4.52. The number of hydrogen-bond acceptors (Lipinski definition) is 4. The Labute approximate surface area is 158 Å². The van der Waals surface area contributed by atoms with E-state index in [1.165, 1.54) is 6.07 Å². The number of para-hydroxylation sites is 1. The number of fused-ring (bicyclic) bond motifs is 3. The highest BCUT2D eigenvalue weighted by Crippen LogP contribution is 2.29. The zero-order valence-electron chi connectivity index (χ0n) is 14.2. The molecule has 0 saturated heterocycles. The van der Waals surface area contributed by atoms with E-state index in [0.717, 1.165) is 23.6 Å². The number of allylic oxidation sites excluding steroid dienone is 3. The van der Waals surface area contributed by atoms with Crippen LogP contribution in [0.25, 0.3) is 21.9 Å². The number of carbonyl (C=O) groups is 1. The summed E-state index contributed by atoms with van der Waals surface area (Å²) in [5.74, 6) is -1.93. The van der Waals surface area contributed by atoms with Gasteiger partial charge in [0.1, 0.15) is 23.2 Å². The highest BCUT2D eigenvalue weighted by molar-refractivity contribution is 7.90. The Morgan fingerprint density at radius 3 is 2.61 bits per heavy atom. The maximum atomic E-state index is 13.8. The van der Waals surface area contributed by atoms with Gasteiger partial charge in [0.2, 0.25) is 10.0 Å². The van der Waals surface area contributed by atoms with Crippen LogP contribution in [0.4, 0.5) is 8.78 Å². The first-order valence-corrected chi connectivity index (χ1v) is 9.82. The van der Waals surface area contributed by atoms with Gasteiger partial charge in [0, 0.05) is 16.3 Å². The number of rotatable bonds is 4. The lowest BCUT2D eigenvalue weighted by molar-refractivity contribution is 0.0945. The van der Waals surface area contributed by atoms with Gasteiger partial charge in [-0.15, -0.1) is 4.83 Å². The Morgan fingerprint density at radius 1 is 1.07 bits per heavy atom. The molecule has 0 saturated carbocycles. The van der Waals surface area contributed by atoms with Crippen LogP contribution in [0.1, 0.15) is 10.4 Å². The van der Waals surface area contributed by atoms with Crippen LogP contribution in [0.15, 0.2) is 70.9 Å². The van der Waals surface area contributed by atoms with E-state index in [-0.39, 0.29) is 5.56 Å². The van der Waals surface area contributed by atoms with E-state index >= 15 is 0 Å². The van der Waals surface area contributed by atoms with Crippen molar-refractivity contribution in [1.29, 1.82) is 0 Å². The number of sulfonamides is 1. The second-order valence-electron chi connectivity index (χ2n) is 6.21. The number of nitrogens with one attached hydrogen (secondary N) is 2. The molecule has 1 aliphatic carbocycles. The molecule has 2 aromatic carbocycles. The zero-order valence-corrected chi connectivity index (χ0v) is 15.0. The normalized spacial score (nSPS) is 19.7. The molecule has 0 spiro atoms. The molecule has 0 radical (unpaired) electrons. The number of carbonyl (C=O) groups excluding carboxylic acids is 1. The van der Waals surface area contributed by atoms with Crippen molar-refractivity contribution in [2.24, 2.45) is 0 Å². The predicted molar refractivity (Wildman–Crippen MR) is 100 cm³/mol. The van der Waals surface area contributed by atoms with E-state index in [4.69, 9.17) is 4.42 Å². The smallest absolute Gasteiger partial charge is 0.266 e. The Kier molecular flexibility index (Phi) is 4.48. The van der Waals surface area contributed by atoms with Crippen molar-refractivity contribution < 1.29 is 26.4 Å². The zero-order chi connectivity index (χ0) is 19.9. The summed E-state index contributed by atoms with van der Waals surface area (Å²) in [5.41, 5.74) is 3.36. The average Bonchev–Trinajstić information content (AvgIpc) is 3.03. The number of hydrogen-bond donors (Lipinski definition) is 2. The molecule has 0 bridgehead atoms. The Morgan fingerprint density at radius 2 is 1.82 bits per heavy atom. The Balaban J connectivity index is 1.56. The fourth-order valence-corrected chi connectivity index (χ4v) is 4.21. The van der Waals surface area contributed by atoms with E-state index < -0.39 is 33.2 Å². The molecule has 144 valence electrons. The van der Waals surface area contributed by atoms with Gasteiger partial charge in [-0.1, -0.05) is 24.3 Å². The number of hydrazine groups is 1. The third-order valence-electron chi connectivity index (χ3n) is 4.39. The Bertz CT molecular complexity index is 1250. The van der Waals surface area contributed by atoms with Crippen molar-refractivity contribution in [3.05, 3.63) is 72.1 Å². The first kappa shape index (κ1) is 18.3. The molecule has 0 fully saturated rings. The molecular weight excluding hydrogens is 390 g/mol. The van der Waals surface area contributed by atoms with Crippen LogP contribution in [-0.2, 0) is 10.0 Å². The summed E-state index contributed by atoms with van der Waals surface area (Å²) in [6.07, 6.45) is 0.815. The van der Waals surface area contributed by atoms with Crippen molar-refractivity contribution in [2.75, 3.05) is 0 Å². The lowest BCUT2D eigenvalue weighted by Gasteiger charge is -2.20. The number of furan rings is 1. The quantitative estimate of drug-likeness (QED) is 0.654. The number of benzene rings is 2. The van der Waals surface area contributed by atoms with Crippen molar-refractivity contribution >= 4 is 37.9 Å². The first-order valence-electron chi connectivity index (χ1n) is 8.27. The molecule has 9 heteroatoms. The summed E-state index contributed by atoms with van der Waals surface area (Å²) in [5, 5.41) is -0.575. The fourth-order valence-electron chi connectivity index (χ4n) is 3.04. The van der Waals surface area contributed by atoms with Crippen molar-refractivity contribution in [3.63, 3.8) is 0 Å². The van der Waals surface area contributed by atoms with Crippen LogP contribution >= 0.6 is 0 Å². The fraction of sp³-hybridized carbons (Fsp3) is 0.105. The van der Waals surface area contributed by atoms with Gasteiger partial charge in [-0.25, -0.2) is 17.2 Å². The van der Waals surface area contributed by atoms with Gasteiger partial charge < -0.3 is 4.42 Å². The van der Waals surface area contributed by atoms with E-state index in [0.29, 0.717) is 16.6 Å². The van der Waals surface area contributed by atoms with Crippen molar-refractivity contribution in [2.45, 2.75) is 11.4 Å². The number of amides is 1. The molecule has 0 aliphatic heterocycles. The van der Waals surface area contributed by atoms with E-state index in [1.807, 2.05) is 23.6 Å². The van der Waals surface area contributed by atoms with E-state index in [2.05, 4.69) is 0 Å². The molecule has 1 aliphatic rings. The molecule has 2 N–H and O–H groups in total. The minimum atomic E-state index is -4.52. The largest absolute Gasteiger partial charge is 0.456 e. The lowest BCUT2D eigenvalue weighted by atomic mass is 10.1. The summed E-state index contributed by atoms with van der Waals surface area (Å²) in [4.78, 5) is 14.1.